The minimum atomic E-state index is 0.130. The summed E-state index contributed by atoms with van der Waals surface area (Å²) >= 11 is 0. The summed E-state index contributed by atoms with van der Waals surface area (Å²) in [7, 11) is 0. The molecule has 19 heavy (non-hydrogen) atoms. The Hall–Kier alpha value is -2.09. The molecule has 0 atom stereocenters. The van der Waals surface area contributed by atoms with Crippen molar-refractivity contribution in [1.82, 2.24) is 0 Å². The van der Waals surface area contributed by atoms with E-state index in [1.807, 2.05) is 48.5 Å². The van der Waals surface area contributed by atoms with Crippen molar-refractivity contribution >= 4 is 5.78 Å². The van der Waals surface area contributed by atoms with Crippen LogP contribution in [0.1, 0.15) is 27.9 Å². The van der Waals surface area contributed by atoms with E-state index in [0.29, 0.717) is 13.0 Å². The number of fused-ring (bicyclic) bond motifs is 1. The lowest BCUT2D eigenvalue weighted by atomic mass is 9.97. The number of carbonyl (C=O) groups excluding carboxylic acids is 1. The van der Waals surface area contributed by atoms with Crippen molar-refractivity contribution in [2.75, 3.05) is 6.61 Å². The van der Waals surface area contributed by atoms with E-state index in [9.17, 15) is 4.79 Å². The number of hydrogen-bond donors (Lipinski definition) is 0. The van der Waals surface area contributed by atoms with Crippen molar-refractivity contribution in [3.8, 4) is 5.75 Å². The van der Waals surface area contributed by atoms with Gasteiger partial charge in [0, 0.05) is 6.42 Å². The summed E-state index contributed by atoms with van der Waals surface area (Å²) in [5.41, 5.74) is 2.92. The van der Waals surface area contributed by atoms with Crippen molar-refractivity contribution in [1.29, 1.82) is 0 Å². The molecule has 2 aromatic carbocycles. The number of hydrogen-bond acceptors (Lipinski definition) is 2. The van der Waals surface area contributed by atoms with E-state index >= 15 is 0 Å². The number of benzene rings is 2. The van der Waals surface area contributed by atoms with Crippen LogP contribution in [0, 0.1) is 0 Å². The third-order valence-corrected chi connectivity index (χ3v) is 3.44. The molecule has 2 nitrogen and oxygen atoms in total. The van der Waals surface area contributed by atoms with Gasteiger partial charge in [0.1, 0.15) is 5.75 Å². The Morgan fingerprint density at radius 2 is 1.89 bits per heavy atom. The van der Waals surface area contributed by atoms with E-state index in [4.69, 9.17) is 4.74 Å². The molecule has 0 bridgehead atoms. The Balaban J connectivity index is 1.88. The molecule has 0 saturated heterocycles. The van der Waals surface area contributed by atoms with Gasteiger partial charge in [-0.25, -0.2) is 0 Å². The highest BCUT2D eigenvalue weighted by Gasteiger charge is 2.18. The zero-order valence-corrected chi connectivity index (χ0v) is 10.8. The summed E-state index contributed by atoms with van der Waals surface area (Å²) in [5.74, 6) is 0.930. The Bertz CT molecular complexity index is 587. The zero-order chi connectivity index (χ0) is 13.1. The lowest BCUT2D eigenvalue weighted by Gasteiger charge is -2.19. The van der Waals surface area contributed by atoms with Crippen molar-refractivity contribution in [3.05, 3.63) is 65.2 Å². The van der Waals surface area contributed by atoms with Gasteiger partial charge in [0.25, 0.3) is 0 Å². The molecule has 1 aliphatic rings. The number of ether oxygens (including phenoxy) is 1. The van der Waals surface area contributed by atoms with Crippen LogP contribution < -0.4 is 4.74 Å². The Morgan fingerprint density at radius 3 is 2.74 bits per heavy atom. The van der Waals surface area contributed by atoms with Gasteiger partial charge in [-0.15, -0.1) is 0 Å². The zero-order valence-electron chi connectivity index (χ0n) is 10.8. The minimum Gasteiger partial charge on any atom is -0.493 e. The normalized spacial score (nSPS) is 13.5. The van der Waals surface area contributed by atoms with Gasteiger partial charge in [-0.3, -0.25) is 4.79 Å². The molecule has 1 heterocycles. The van der Waals surface area contributed by atoms with E-state index in [2.05, 4.69) is 0 Å². The Morgan fingerprint density at radius 1 is 1.05 bits per heavy atom. The van der Waals surface area contributed by atoms with Gasteiger partial charge < -0.3 is 4.74 Å². The van der Waals surface area contributed by atoms with Crippen molar-refractivity contribution in [2.45, 2.75) is 19.3 Å². The largest absolute Gasteiger partial charge is 0.493 e. The van der Waals surface area contributed by atoms with Crippen molar-refractivity contribution in [3.63, 3.8) is 0 Å². The van der Waals surface area contributed by atoms with Gasteiger partial charge in [0.15, 0.2) is 5.78 Å². The van der Waals surface area contributed by atoms with E-state index in [1.54, 1.807) is 0 Å². The van der Waals surface area contributed by atoms with E-state index < -0.39 is 0 Å². The third-order valence-electron chi connectivity index (χ3n) is 3.44. The first-order chi connectivity index (χ1) is 9.34. The van der Waals surface area contributed by atoms with Crippen LogP contribution in [-0.4, -0.2) is 12.4 Å². The first kappa shape index (κ1) is 12.0. The van der Waals surface area contributed by atoms with Crippen LogP contribution in [0.15, 0.2) is 48.5 Å². The number of carbonyl (C=O) groups is 1. The number of para-hydroxylation sites is 1. The topological polar surface area (TPSA) is 26.3 Å². The summed E-state index contributed by atoms with van der Waals surface area (Å²) in [6, 6.07) is 15.7. The molecule has 96 valence electrons. The maximum atomic E-state index is 12.4. The molecule has 0 aromatic heterocycles. The molecule has 0 aliphatic carbocycles. The lowest BCUT2D eigenvalue weighted by molar-refractivity contribution is 0.0988. The summed E-state index contributed by atoms with van der Waals surface area (Å²) in [6.07, 6.45) is 2.46. The molecule has 2 heteroatoms. The molecule has 0 N–H and O–H groups in total. The molecule has 0 radical (unpaired) electrons. The maximum Gasteiger partial charge on any atom is 0.170 e. The first-order valence-electron chi connectivity index (χ1n) is 6.66. The molecule has 2 aromatic rings. The van der Waals surface area contributed by atoms with Crippen LogP contribution in [-0.2, 0) is 12.8 Å². The van der Waals surface area contributed by atoms with Crippen LogP contribution in [0.4, 0.5) is 0 Å². The fourth-order valence-electron chi connectivity index (χ4n) is 2.49. The third kappa shape index (κ3) is 2.53. The minimum absolute atomic E-state index is 0.130. The van der Waals surface area contributed by atoms with E-state index in [-0.39, 0.29) is 5.78 Å². The molecule has 0 fully saturated rings. The fraction of sp³-hybridized carbons (Fsp3) is 0.235. The number of ketones is 1. The standard InChI is InChI=1S/C17H16O2/c18-16(12-13-6-2-1-3-7-13)15-10-4-8-14-9-5-11-19-17(14)15/h1-4,6-8,10H,5,9,11-12H2. The van der Waals surface area contributed by atoms with Crippen LogP contribution in [0.5, 0.6) is 5.75 Å². The molecule has 3 rings (SSSR count). The smallest absolute Gasteiger partial charge is 0.170 e. The van der Waals surface area contributed by atoms with Gasteiger partial charge in [0.05, 0.1) is 12.2 Å². The number of rotatable bonds is 3. The fourth-order valence-corrected chi connectivity index (χ4v) is 2.49. The average molecular weight is 252 g/mol. The maximum absolute atomic E-state index is 12.4. The van der Waals surface area contributed by atoms with E-state index in [1.165, 1.54) is 0 Å². The van der Waals surface area contributed by atoms with Crippen LogP contribution in [0.25, 0.3) is 0 Å². The highest BCUT2D eigenvalue weighted by Crippen LogP contribution is 2.29. The molecular weight excluding hydrogens is 236 g/mol. The highest BCUT2D eigenvalue weighted by molar-refractivity contribution is 6.00. The lowest BCUT2D eigenvalue weighted by Crippen LogP contribution is -2.13. The number of aryl methyl sites for hydroxylation is 1. The van der Waals surface area contributed by atoms with Gasteiger partial charge in [-0.2, -0.15) is 0 Å². The summed E-state index contributed by atoms with van der Waals surface area (Å²) in [5, 5.41) is 0. The van der Waals surface area contributed by atoms with Crippen molar-refractivity contribution < 1.29 is 9.53 Å². The predicted molar refractivity (Wildman–Crippen MR) is 74.7 cm³/mol. The second-order valence-electron chi connectivity index (χ2n) is 4.83. The second kappa shape index (κ2) is 5.27. The van der Waals surface area contributed by atoms with Crippen LogP contribution in [0.2, 0.25) is 0 Å². The average Bonchev–Trinajstić information content (AvgIpc) is 2.47. The molecule has 0 amide bonds. The molecule has 0 spiro atoms. The Kier molecular flexibility index (Phi) is 3.32. The first-order valence-corrected chi connectivity index (χ1v) is 6.66. The SMILES string of the molecule is O=C(Cc1ccccc1)c1cccc2c1OCCC2. The highest BCUT2D eigenvalue weighted by atomic mass is 16.5. The van der Waals surface area contributed by atoms with Gasteiger partial charge in [-0.05, 0) is 30.0 Å². The molecule has 0 unspecified atom stereocenters. The second-order valence-corrected chi connectivity index (χ2v) is 4.83. The van der Waals surface area contributed by atoms with Crippen LogP contribution in [0.3, 0.4) is 0 Å². The van der Waals surface area contributed by atoms with Crippen molar-refractivity contribution in [2.24, 2.45) is 0 Å². The molecule has 0 saturated carbocycles. The summed E-state index contributed by atoms with van der Waals surface area (Å²) in [6.45, 7) is 0.711. The number of Topliss-reactive ketones (excluding diaryl/α,β-unsaturated/α-hetero) is 1. The molecule has 1 aliphatic heterocycles. The summed E-state index contributed by atoms with van der Waals surface area (Å²) in [4.78, 5) is 12.4. The summed E-state index contributed by atoms with van der Waals surface area (Å²) < 4.78 is 5.69. The quantitative estimate of drug-likeness (QED) is 0.782. The van der Waals surface area contributed by atoms with E-state index in [0.717, 1.165) is 35.3 Å². The predicted octanol–water partition coefficient (Wildman–Crippen LogP) is 3.44. The Labute approximate surface area is 113 Å². The van der Waals surface area contributed by atoms with Gasteiger partial charge in [-0.1, -0.05) is 42.5 Å². The molecular formula is C17H16O2. The van der Waals surface area contributed by atoms with Gasteiger partial charge in [0.2, 0.25) is 0 Å². The monoisotopic (exact) mass is 252 g/mol. The van der Waals surface area contributed by atoms with Crippen LogP contribution >= 0.6 is 0 Å². The van der Waals surface area contributed by atoms with Gasteiger partial charge >= 0.3 is 0 Å².